The number of hydrogen-bond donors (Lipinski definition) is 1. The second-order valence-corrected chi connectivity index (χ2v) is 4.36. The van der Waals surface area contributed by atoms with Gasteiger partial charge >= 0.3 is 0 Å². The van der Waals surface area contributed by atoms with Crippen molar-refractivity contribution in [3.8, 4) is 11.8 Å². The standard InChI is InChI=1S/C13H17N3O/c1-9-13(8-15-2)17-12-6-10(7-14)4-5-11(12)16(9)3/h4-6,9,13,15H,8H2,1-3H3. The van der Waals surface area contributed by atoms with Crippen LogP contribution in [0.15, 0.2) is 18.2 Å². The lowest BCUT2D eigenvalue weighted by molar-refractivity contribution is 0.160. The number of nitrogens with one attached hydrogen (secondary N) is 1. The summed E-state index contributed by atoms with van der Waals surface area (Å²) < 4.78 is 5.94. The van der Waals surface area contributed by atoms with Crippen LogP contribution in [-0.4, -0.2) is 32.8 Å². The third-order valence-electron chi connectivity index (χ3n) is 3.30. The van der Waals surface area contributed by atoms with Crippen LogP contribution in [0.1, 0.15) is 12.5 Å². The minimum atomic E-state index is 0.103. The SMILES string of the molecule is CNCC1Oc2cc(C#N)ccc2N(C)C1C. The third-order valence-corrected chi connectivity index (χ3v) is 3.30. The van der Waals surface area contributed by atoms with Gasteiger partial charge < -0.3 is 15.0 Å². The Balaban J connectivity index is 2.35. The van der Waals surface area contributed by atoms with E-state index >= 15 is 0 Å². The number of fused-ring (bicyclic) bond motifs is 1. The molecule has 1 aromatic carbocycles. The number of nitriles is 1. The van der Waals surface area contributed by atoms with Gasteiger partial charge in [0.25, 0.3) is 0 Å². The summed E-state index contributed by atoms with van der Waals surface area (Å²) in [5.74, 6) is 0.796. The lowest BCUT2D eigenvalue weighted by atomic mass is 10.1. The molecule has 4 nitrogen and oxygen atoms in total. The van der Waals surface area contributed by atoms with E-state index in [0.717, 1.165) is 18.0 Å². The molecular weight excluding hydrogens is 214 g/mol. The molecule has 2 atom stereocenters. The van der Waals surface area contributed by atoms with E-state index in [-0.39, 0.29) is 6.10 Å². The lowest BCUT2D eigenvalue weighted by Crippen LogP contribution is -2.50. The summed E-state index contributed by atoms with van der Waals surface area (Å²) in [5.41, 5.74) is 1.68. The molecule has 0 fully saturated rings. The number of nitrogens with zero attached hydrogens (tertiary/aromatic N) is 2. The molecule has 4 heteroatoms. The summed E-state index contributed by atoms with van der Waals surface area (Å²) in [5, 5.41) is 12.0. The van der Waals surface area contributed by atoms with Crippen LogP contribution in [0.5, 0.6) is 5.75 Å². The molecule has 1 aromatic rings. The van der Waals surface area contributed by atoms with Crippen molar-refractivity contribution in [1.82, 2.24) is 5.32 Å². The van der Waals surface area contributed by atoms with Crippen molar-refractivity contribution in [2.75, 3.05) is 25.5 Å². The van der Waals surface area contributed by atoms with E-state index < -0.39 is 0 Å². The Labute approximate surface area is 102 Å². The van der Waals surface area contributed by atoms with Gasteiger partial charge in [0.2, 0.25) is 0 Å². The molecule has 1 aliphatic heterocycles. The zero-order chi connectivity index (χ0) is 12.4. The van der Waals surface area contributed by atoms with Crippen molar-refractivity contribution in [3.05, 3.63) is 23.8 Å². The predicted molar refractivity (Wildman–Crippen MR) is 67.4 cm³/mol. The molecule has 0 spiro atoms. The number of rotatable bonds is 2. The fraction of sp³-hybridized carbons (Fsp3) is 0.462. The second kappa shape index (κ2) is 4.64. The Bertz CT molecular complexity index is 452. The van der Waals surface area contributed by atoms with Gasteiger partial charge in [-0.3, -0.25) is 0 Å². The smallest absolute Gasteiger partial charge is 0.144 e. The highest BCUT2D eigenvalue weighted by molar-refractivity contribution is 5.63. The summed E-state index contributed by atoms with van der Waals surface area (Å²) in [7, 11) is 3.97. The topological polar surface area (TPSA) is 48.3 Å². The van der Waals surface area contributed by atoms with Gasteiger partial charge in [-0.05, 0) is 26.1 Å². The van der Waals surface area contributed by atoms with E-state index in [1.54, 1.807) is 6.07 Å². The van der Waals surface area contributed by atoms with Crippen molar-refractivity contribution in [2.24, 2.45) is 0 Å². The van der Waals surface area contributed by atoms with Gasteiger partial charge in [0.1, 0.15) is 11.9 Å². The Kier molecular flexibility index (Phi) is 3.21. The predicted octanol–water partition coefficient (Wildman–Crippen LogP) is 1.36. The van der Waals surface area contributed by atoms with E-state index in [2.05, 4.69) is 30.3 Å². The van der Waals surface area contributed by atoms with Gasteiger partial charge in [-0.2, -0.15) is 5.26 Å². The summed E-state index contributed by atoms with van der Waals surface area (Å²) in [4.78, 5) is 2.20. The second-order valence-electron chi connectivity index (χ2n) is 4.36. The van der Waals surface area contributed by atoms with Crippen molar-refractivity contribution >= 4 is 5.69 Å². The molecule has 0 aromatic heterocycles. The zero-order valence-electron chi connectivity index (χ0n) is 10.4. The molecule has 0 amide bonds. The molecule has 2 rings (SSSR count). The molecule has 0 bridgehead atoms. The number of ether oxygens (including phenoxy) is 1. The van der Waals surface area contributed by atoms with Crippen LogP contribution >= 0.6 is 0 Å². The van der Waals surface area contributed by atoms with Crippen molar-refractivity contribution in [1.29, 1.82) is 5.26 Å². The molecule has 1 N–H and O–H groups in total. The number of likely N-dealkylation sites (N-methyl/N-ethyl adjacent to an activating group) is 2. The highest BCUT2D eigenvalue weighted by Gasteiger charge is 2.30. The fourth-order valence-electron chi connectivity index (χ4n) is 2.11. The van der Waals surface area contributed by atoms with Crippen molar-refractivity contribution < 1.29 is 4.74 Å². The molecule has 1 heterocycles. The maximum atomic E-state index is 8.89. The maximum absolute atomic E-state index is 8.89. The van der Waals surface area contributed by atoms with Gasteiger partial charge in [-0.25, -0.2) is 0 Å². The van der Waals surface area contributed by atoms with E-state index in [1.165, 1.54) is 0 Å². The van der Waals surface area contributed by atoms with Gasteiger partial charge in [-0.15, -0.1) is 0 Å². The summed E-state index contributed by atoms with van der Waals surface area (Å²) >= 11 is 0. The number of anilines is 1. The average molecular weight is 231 g/mol. The van der Waals surface area contributed by atoms with Gasteiger partial charge in [0.15, 0.2) is 0 Å². The van der Waals surface area contributed by atoms with Crippen LogP contribution in [0.25, 0.3) is 0 Å². The summed E-state index contributed by atoms with van der Waals surface area (Å²) in [6, 6.07) is 8.02. The highest BCUT2D eigenvalue weighted by atomic mass is 16.5. The van der Waals surface area contributed by atoms with Crippen LogP contribution < -0.4 is 15.0 Å². The van der Waals surface area contributed by atoms with Crippen LogP contribution in [0.2, 0.25) is 0 Å². The molecule has 17 heavy (non-hydrogen) atoms. The Hall–Kier alpha value is -1.73. The van der Waals surface area contributed by atoms with Crippen LogP contribution in [0, 0.1) is 11.3 Å². The molecule has 0 aliphatic carbocycles. The Morgan fingerprint density at radius 3 is 2.94 bits per heavy atom. The van der Waals surface area contributed by atoms with Crippen molar-refractivity contribution in [3.63, 3.8) is 0 Å². The highest BCUT2D eigenvalue weighted by Crippen LogP contribution is 2.35. The molecule has 90 valence electrons. The van der Waals surface area contributed by atoms with Gasteiger partial charge in [0, 0.05) is 19.7 Å². The molecule has 0 saturated heterocycles. The number of benzene rings is 1. The minimum Gasteiger partial charge on any atom is -0.485 e. The molecular formula is C13H17N3O. The minimum absolute atomic E-state index is 0.103. The fourth-order valence-corrected chi connectivity index (χ4v) is 2.11. The van der Waals surface area contributed by atoms with Crippen LogP contribution in [0.3, 0.4) is 0 Å². The molecule has 0 saturated carbocycles. The van der Waals surface area contributed by atoms with E-state index in [4.69, 9.17) is 10.00 Å². The van der Waals surface area contributed by atoms with Crippen molar-refractivity contribution in [2.45, 2.75) is 19.1 Å². The van der Waals surface area contributed by atoms with Crippen LogP contribution in [-0.2, 0) is 0 Å². The third kappa shape index (κ3) is 2.06. The zero-order valence-corrected chi connectivity index (χ0v) is 10.4. The monoisotopic (exact) mass is 231 g/mol. The summed E-state index contributed by atoms with van der Waals surface area (Å²) in [6.07, 6.45) is 0.103. The quantitative estimate of drug-likeness (QED) is 0.835. The first kappa shape index (κ1) is 11.7. The van der Waals surface area contributed by atoms with E-state index in [9.17, 15) is 0 Å². The first-order valence-corrected chi connectivity index (χ1v) is 5.75. The van der Waals surface area contributed by atoms with Gasteiger partial charge in [-0.1, -0.05) is 0 Å². The van der Waals surface area contributed by atoms with E-state index in [1.807, 2.05) is 19.2 Å². The molecule has 2 unspecified atom stereocenters. The first-order valence-electron chi connectivity index (χ1n) is 5.75. The molecule has 1 aliphatic rings. The Morgan fingerprint density at radius 1 is 1.53 bits per heavy atom. The number of hydrogen-bond acceptors (Lipinski definition) is 4. The first-order chi connectivity index (χ1) is 8.17. The maximum Gasteiger partial charge on any atom is 0.144 e. The molecule has 0 radical (unpaired) electrons. The van der Waals surface area contributed by atoms with E-state index in [0.29, 0.717) is 11.6 Å². The largest absolute Gasteiger partial charge is 0.485 e. The summed E-state index contributed by atoms with van der Waals surface area (Å²) in [6.45, 7) is 2.94. The normalized spacial score (nSPS) is 22.6. The van der Waals surface area contributed by atoms with Crippen LogP contribution in [0.4, 0.5) is 5.69 Å². The lowest BCUT2D eigenvalue weighted by Gasteiger charge is -2.39. The average Bonchev–Trinajstić information content (AvgIpc) is 2.35. The Morgan fingerprint density at radius 2 is 2.29 bits per heavy atom. The van der Waals surface area contributed by atoms with Gasteiger partial charge in [0.05, 0.1) is 23.4 Å².